The number of hydrogen-bond donors (Lipinski definition) is 1. The summed E-state index contributed by atoms with van der Waals surface area (Å²) >= 11 is 12.0. The predicted octanol–water partition coefficient (Wildman–Crippen LogP) is 3.95. The average Bonchev–Trinajstić information content (AvgIpc) is 2.73. The lowest BCUT2D eigenvalue weighted by Crippen LogP contribution is -2.33. The van der Waals surface area contributed by atoms with Crippen LogP contribution in [-0.2, 0) is 14.8 Å². The number of nitrogens with zero attached hydrogens (tertiary/aromatic N) is 1. The van der Waals surface area contributed by atoms with Crippen LogP contribution in [0.1, 0.15) is 24.2 Å². The fourth-order valence-corrected chi connectivity index (χ4v) is 5.28. The first-order chi connectivity index (χ1) is 12.5. The lowest BCUT2D eigenvalue weighted by Gasteiger charge is -2.19. The summed E-state index contributed by atoms with van der Waals surface area (Å²) in [6, 6.07) is 10.7. The Hall–Kier alpha value is -2.09. The van der Waals surface area contributed by atoms with Crippen molar-refractivity contribution in [2.24, 2.45) is 5.41 Å². The van der Waals surface area contributed by atoms with Crippen LogP contribution in [0.25, 0.3) is 0 Å². The SMILES string of the molecule is CC1(C)CS(=O)(=O)N(c2cc(C(=O)Nc3ccc(Cl)cc3)ccc2Cl)C1=O. The topological polar surface area (TPSA) is 83.6 Å². The molecule has 0 radical (unpaired) electrons. The number of nitrogens with one attached hydrogen (secondary N) is 1. The van der Waals surface area contributed by atoms with Gasteiger partial charge < -0.3 is 5.32 Å². The van der Waals surface area contributed by atoms with Crippen molar-refractivity contribution in [1.82, 2.24) is 0 Å². The van der Waals surface area contributed by atoms with E-state index in [1.807, 2.05) is 0 Å². The Morgan fingerprint density at radius 3 is 2.30 bits per heavy atom. The standard InChI is InChI=1S/C18H16Cl2N2O4S/c1-18(2)10-27(25,26)22(17(18)24)15-9-11(3-8-14(15)20)16(23)21-13-6-4-12(19)5-7-13/h3-9H,10H2,1-2H3,(H,21,23). The van der Waals surface area contributed by atoms with Crippen LogP contribution < -0.4 is 9.62 Å². The number of hydrogen-bond acceptors (Lipinski definition) is 4. The van der Waals surface area contributed by atoms with Gasteiger partial charge in [0, 0.05) is 16.3 Å². The first-order valence-corrected chi connectivity index (χ1v) is 10.3. The van der Waals surface area contributed by atoms with Crippen molar-refractivity contribution >= 4 is 56.4 Å². The third-order valence-electron chi connectivity index (χ3n) is 4.11. The second kappa shape index (κ2) is 6.82. The van der Waals surface area contributed by atoms with Crippen LogP contribution in [-0.4, -0.2) is 26.0 Å². The fourth-order valence-electron chi connectivity index (χ4n) is 2.79. The van der Waals surface area contributed by atoms with Crippen LogP contribution in [0.4, 0.5) is 11.4 Å². The van der Waals surface area contributed by atoms with Gasteiger partial charge in [-0.05, 0) is 56.3 Å². The molecule has 142 valence electrons. The van der Waals surface area contributed by atoms with Crippen molar-refractivity contribution in [1.29, 1.82) is 0 Å². The molecule has 2 amide bonds. The Morgan fingerprint density at radius 2 is 1.74 bits per heavy atom. The van der Waals surface area contributed by atoms with Gasteiger partial charge in [0.25, 0.3) is 5.91 Å². The molecule has 0 atom stereocenters. The summed E-state index contributed by atoms with van der Waals surface area (Å²) in [5.41, 5.74) is -0.413. The van der Waals surface area contributed by atoms with Gasteiger partial charge >= 0.3 is 0 Å². The average molecular weight is 427 g/mol. The summed E-state index contributed by atoms with van der Waals surface area (Å²) in [6.45, 7) is 3.11. The summed E-state index contributed by atoms with van der Waals surface area (Å²) in [4.78, 5) is 25.1. The molecule has 1 aliphatic rings. The van der Waals surface area contributed by atoms with Crippen molar-refractivity contribution < 1.29 is 18.0 Å². The van der Waals surface area contributed by atoms with E-state index in [0.717, 1.165) is 0 Å². The van der Waals surface area contributed by atoms with E-state index < -0.39 is 27.3 Å². The molecular formula is C18H16Cl2N2O4S. The number of anilines is 2. The first kappa shape index (κ1) is 19.7. The Kier molecular flexibility index (Phi) is 4.96. The van der Waals surface area contributed by atoms with E-state index in [4.69, 9.17) is 23.2 Å². The van der Waals surface area contributed by atoms with Crippen molar-refractivity contribution in [3.8, 4) is 0 Å². The molecule has 0 aliphatic carbocycles. The minimum absolute atomic E-state index is 0.0315. The van der Waals surface area contributed by atoms with Crippen molar-refractivity contribution in [3.63, 3.8) is 0 Å². The molecule has 2 aromatic carbocycles. The molecule has 3 rings (SSSR count). The van der Waals surface area contributed by atoms with Crippen molar-refractivity contribution in [2.45, 2.75) is 13.8 Å². The highest BCUT2D eigenvalue weighted by Crippen LogP contribution is 2.39. The molecule has 1 N–H and O–H groups in total. The third-order valence-corrected chi connectivity index (χ3v) is 6.69. The molecule has 2 aromatic rings. The van der Waals surface area contributed by atoms with Gasteiger partial charge in [-0.25, -0.2) is 12.7 Å². The van der Waals surface area contributed by atoms with Gasteiger partial charge in [0.05, 0.1) is 21.9 Å². The predicted molar refractivity (Wildman–Crippen MR) is 106 cm³/mol. The van der Waals surface area contributed by atoms with Crippen LogP contribution >= 0.6 is 23.2 Å². The smallest absolute Gasteiger partial charge is 0.255 e. The molecule has 1 aliphatic heterocycles. The largest absolute Gasteiger partial charge is 0.322 e. The summed E-state index contributed by atoms with van der Waals surface area (Å²) < 4.78 is 25.6. The van der Waals surface area contributed by atoms with Gasteiger partial charge in [-0.1, -0.05) is 23.2 Å². The second-order valence-corrected chi connectivity index (χ2v) is 9.50. The molecule has 1 heterocycles. The van der Waals surface area contributed by atoms with Gasteiger partial charge in [-0.15, -0.1) is 0 Å². The lowest BCUT2D eigenvalue weighted by molar-refractivity contribution is -0.123. The van der Waals surface area contributed by atoms with Crippen LogP contribution in [0.15, 0.2) is 42.5 Å². The van der Waals surface area contributed by atoms with E-state index >= 15 is 0 Å². The molecular weight excluding hydrogens is 411 g/mol. The monoisotopic (exact) mass is 426 g/mol. The molecule has 0 spiro atoms. The lowest BCUT2D eigenvalue weighted by atomic mass is 9.95. The normalized spacial score (nSPS) is 17.8. The molecule has 9 heteroatoms. The van der Waals surface area contributed by atoms with Crippen LogP contribution in [0.5, 0.6) is 0 Å². The summed E-state index contributed by atoms with van der Waals surface area (Å²) in [5.74, 6) is -1.38. The molecule has 1 fully saturated rings. The summed E-state index contributed by atoms with van der Waals surface area (Å²) in [7, 11) is -3.87. The van der Waals surface area contributed by atoms with Crippen LogP contribution in [0.2, 0.25) is 10.0 Å². The molecule has 0 unspecified atom stereocenters. The van der Waals surface area contributed by atoms with Gasteiger partial charge in [0.15, 0.2) is 0 Å². The van der Waals surface area contributed by atoms with E-state index in [9.17, 15) is 18.0 Å². The zero-order valence-electron chi connectivity index (χ0n) is 14.5. The number of halogens is 2. The number of carbonyl (C=O) groups excluding carboxylic acids is 2. The fraction of sp³-hybridized carbons (Fsp3) is 0.222. The van der Waals surface area contributed by atoms with Gasteiger partial charge in [0.2, 0.25) is 15.9 Å². The van der Waals surface area contributed by atoms with Crippen molar-refractivity contribution in [2.75, 3.05) is 15.4 Å². The molecule has 0 saturated carbocycles. The van der Waals surface area contributed by atoms with E-state index in [1.165, 1.54) is 18.2 Å². The van der Waals surface area contributed by atoms with Gasteiger partial charge in [-0.2, -0.15) is 0 Å². The molecule has 1 saturated heterocycles. The maximum Gasteiger partial charge on any atom is 0.255 e. The number of sulfonamides is 1. The Balaban J connectivity index is 1.96. The number of rotatable bonds is 3. The first-order valence-electron chi connectivity index (χ1n) is 7.95. The van der Waals surface area contributed by atoms with E-state index in [-0.39, 0.29) is 22.0 Å². The highest BCUT2D eigenvalue weighted by atomic mass is 35.5. The van der Waals surface area contributed by atoms with E-state index in [1.54, 1.807) is 38.1 Å². The second-order valence-electron chi connectivity index (χ2n) is 6.84. The van der Waals surface area contributed by atoms with Gasteiger partial charge in [0.1, 0.15) is 0 Å². The highest BCUT2D eigenvalue weighted by Gasteiger charge is 2.50. The molecule has 0 aromatic heterocycles. The number of carbonyl (C=O) groups is 2. The van der Waals surface area contributed by atoms with Gasteiger partial charge in [-0.3, -0.25) is 9.59 Å². The third kappa shape index (κ3) is 3.81. The Labute approximate surface area is 167 Å². The van der Waals surface area contributed by atoms with E-state index in [2.05, 4.69) is 5.32 Å². The zero-order valence-corrected chi connectivity index (χ0v) is 16.8. The summed E-state index contributed by atoms with van der Waals surface area (Å²) in [5, 5.41) is 3.27. The molecule has 6 nitrogen and oxygen atoms in total. The Bertz CT molecular complexity index is 1030. The minimum atomic E-state index is -3.87. The van der Waals surface area contributed by atoms with Crippen LogP contribution in [0, 0.1) is 5.41 Å². The number of amides is 2. The molecule has 27 heavy (non-hydrogen) atoms. The maximum absolute atomic E-state index is 12.6. The minimum Gasteiger partial charge on any atom is -0.322 e. The zero-order chi connectivity index (χ0) is 20.0. The quantitative estimate of drug-likeness (QED) is 0.804. The highest BCUT2D eigenvalue weighted by molar-refractivity contribution is 7.94. The van der Waals surface area contributed by atoms with E-state index in [0.29, 0.717) is 15.0 Å². The molecule has 0 bridgehead atoms. The summed E-state index contributed by atoms with van der Waals surface area (Å²) in [6.07, 6.45) is 0. The number of benzene rings is 2. The van der Waals surface area contributed by atoms with Crippen molar-refractivity contribution in [3.05, 3.63) is 58.1 Å². The maximum atomic E-state index is 12.6. The Morgan fingerprint density at radius 1 is 1.11 bits per heavy atom. The van der Waals surface area contributed by atoms with Crippen LogP contribution in [0.3, 0.4) is 0 Å².